The molecule has 2 heterocycles. The number of aliphatic hydroxyl groups is 2. The lowest BCUT2D eigenvalue weighted by Gasteiger charge is -2.25. The highest BCUT2D eigenvalue weighted by Gasteiger charge is 2.55. The summed E-state index contributed by atoms with van der Waals surface area (Å²) in [7, 11) is 0. The van der Waals surface area contributed by atoms with E-state index in [9.17, 15) is 24.6 Å². The topological polar surface area (TPSA) is 123 Å². The van der Waals surface area contributed by atoms with E-state index in [4.69, 9.17) is 0 Å². The molecule has 2 unspecified atom stereocenters. The molecule has 1 saturated heterocycles. The monoisotopic (exact) mass is 253 g/mol. The molecule has 18 heavy (non-hydrogen) atoms. The summed E-state index contributed by atoms with van der Waals surface area (Å²) in [6, 6.07) is 2.60. The van der Waals surface area contributed by atoms with Crippen LogP contribution in [0.15, 0.2) is 24.5 Å². The Morgan fingerprint density at radius 2 is 2.00 bits per heavy atom. The van der Waals surface area contributed by atoms with E-state index < -0.39 is 29.8 Å². The summed E-state index contributed by atoms with van der Waals surface area (Å²) >= 11 is 0. The molecule has 0 amide bonds. The van der Waals surface area contributed by atoms with Crippen molar-refractivity contribution in [1.82, 2.24) is 4.98 Å². The van der Waals surface area contributed by atoms with E-state index in [0.717, 1.165) is 6.20 Å². The van der Waals surface area contributed by atoms with Gasteiger partial charge < -0.3 is 19.7 Å². The lowest BCUT2D eigenvalue weighted by molar-refractivity contribution is -0.176. The van der Waals surface area contributed by atoms with E-state index in [2.05, 4.69) is 14.5 Å². The summed E-state index contributed by atoms with van der Waals surface area (Å²) in [5, 5.41) is 19.7. The fraction of sp³-hybridized carbons (Fsp3) is 0.200. The van der Waals surface area contributed by atoms with Crippen molar-refractivity contribution in [2.45, 2.75) is 11.7 Å². The number of nitrogens with zero attached hydrogens (tertiary/aromatic N) is 1. The highest BCUT2D eigenvalue weighted by molar-refractivity contribution is 6.00. The highest BCUT2D eigenvalue weighted by atomic mass is 16.8. The number of pyridine rings is 1. The summed E-state index contributed by atoms with van der Waals surface area (Å²) in [6.07, 6.45) is -1.50. The predicted octanol–water partition coefficient (Wildman–Crippen LogP) is -1.15. The number of rotatable bonds is 1. The third kappa shape index (κ3) is 1.73. The van der Waals surface area contributed by atoms with Gasteiger partial charge >= 0.3 is 18.1 Å². The molecule has 8 nitrogen and oxygen atoms in total. The van der Waals surface area contributed by atoms with Crippen LogP contribution in [-0.2, 0) is 24.7 Å². The third-order valence-electron chi connectivity index (χ3n) is 2.39. The zero-order valence-electron chi connectivity index (χ0n) is 8.77. The summed E-state index contributed by atoms with van der Waals surface area (Å²) in [5.41, 5.74) is -2.94. The molecule has 1 aliphatic rings. The number of carbonyl (C=O) groups excluding carboxylic acids is 3. The van der Waals surface area contributed by atoms with Gasteiger partial charge in [-0.15, -0.1) is 0 Å². The van der Waals surface area contributed by atoms with Crippen molar-refractivity contribution < 1.29 is 34.1 Å². The Labute approximate surface area is 99.8 Å². The Morgan fingerprint density at radius 3 is 2.61 bits per heavy atom. The van der Waals surface area contributed by atoms with Crippen molar-refractivity contribution in [1.29, 1.82) is 0 Å². The van der Waals surface area contributed by atoms with Crippen LogP contribution < -0.4 is 0 Å². The lowest BCUT2D eigenvalue weighted by atomic mass is 9.89. The van der Waals surface area contributed by atoms with Gasteiger partial charge in [-0.05, 0) is 6.07 Å². The maximum absolute atomic E-state index is 11.6. The standard InChI is InChI=1S/C10H7NO7/c12-6-7(13)17-9(15)18-8(14)10(6,16)5-2-1-3-11-4-5/h1-4,6,12,16H. The molecule has 0 radical (unpaired) electrons. The minimum Gasteiger partial charge on any atom is -0.378 e. The molecule has 1 aromatic heterocycles. The normalized spacial score (nSPS) is 28.3. The van der Waals surface area contributed by atoms with E-state index in [0.29, 0.717) is 0 Å². The average molecular weight is 253 g/mol. The number of ether oxygens (including phenoxy) is 2. The third-order valence-corrected chi connectivity index (χ3v) is 2.39. The molecule has 2 atom stereocenters. The Bertz CT molecular complexity index is 514. The Kier molecular flexibility index (Phi) is 2.81. The molecule has 0 saturated carbocycles. The van der Waals surface area contributed by atoms with Crippen LogP contribution in [0.1, 0.15) is 5.56 Å². The van der Waals surface area contributed by atoms with Crippen LogP contribution in [0.3, 0.4) is 0 Å². The average Bonchev–Trinajstić information content (AvgIpc) is 2.43. The van der Waals surface area contributed by atoms with E-state index in [1.807, 2.05) is 0 Å². The zero-order chi connectivity index (χ0) is 13.3. The zero-order valence-corrected chi connectivity index (χ0v) is 8.77. The molecule has 1 fully saturated rings. The van der Waals surface area contributed by atoms with Crippen LogP contribution in [0.4, 0.5) is 4.79 Å². The first-order valence-electron chi connectivity index (χ1n) is 4.75. The van der Waals surface area contributed by atoms with Crippen LogP contribution in [0.25, 0.3) is 0 Å². The summed E-state index contributed by atoms with van der Waals surface area (Å²) in [6.45, 7) is 0. The largest absolute Gasteiger partial charge is 0.524 e. The summed E-state index contributed by atoms with van der Waals surface area (Å²) in [4.78, 5) is 37.3. The maximum Gasteiger partial charge on any atom is 0.524 e. The second kappa shape index (κ2) is 4.17. The highest BCUT2D eigenvalue weighted by Crippen LogP contribution is 2.29. The minimum absolute atomic E-state index is 0.200. The number of aromatic nitrogens is 1. The quantitative estimate of drug-likeness (QED) is 0.475. The van der Waals surface area contributed by atoms with Crippen molar-refractivity contribution in [2.75, 3.05) is 0 Å². The van der Waals surface area contributed by atoms with E-state index in [1.165, 1.54) is 18.3 Å². The fourth-order valence-electron chi connectivity index (χ4n) is 1.46. The second-order valence-electron chi connectivity index (χ2n) is 3.47. The van der Waals surface area contributed by atoms with Gasteiger partial charge in [0, 0.05) is 18.0 Å². The van der Waals surface area contributed by atoms with Gasteiger partial charge in [-0.1, -0.05) is 6.07 Å². The molecule has 1 aromatic rings. The van der Waals surface area contributed by atoms with E-state index >= 15 is 0 Å². The predicted molar refractivity (Wildman–Crippen MR) is 51.7 cm³/mol. The number of aliphatic hydroxyl groups excluding tert-OH is 1. The molecule has 0 bridgehead atoms. The maximum atomic E-state index is 11.6. The van der Waals surface area contributed by atoms with E-state index in [-0.39, 0.29) is 5.56 Å². The van der Waals surface area contributed by atoms with Crippen LogP contribution in [0, 0.1) is 0 Å². The van der Waals surface area contributed by atoms with Crippen molar-refractivity contribution >= 4 is 18.1 Å². The lowest BCUT2D eigenvalue weighted by Crippen LogP contribution is -2.49. The number of carbonyl (C=O) groups is 3. The second-order valence-corrected chi connectivity index (χ2v) is 3.47. The van der Waals surface area contributed by atoms with Gasteiger partial charge in [0.2, 0.25) is 5.60 Å². The molecule has 1 aliphatic heterocycles. The number of cyclic esters (lactones) is 4. The Hall–Kier alpha value is -2.32. The van der Waals surface area contributed by atoms with Crippen molar-refractivity contribution in [3.05, 3.63) is 30.1 Å². The molecule has 94 valence electrons. The first-order chi connectivity index (χ1) is 8.46. The van der Waals surface area contributed by atoms with Crippen molar-refractivity contribution in [3.63, 3.8) is 0 Å². The summed E-state index contributed by atoms with van der Waals surface area (Å²) in [5.74, 6) is -3.00. The van der Waals surface area contributed by atoms with Crippen LogP contribution >= 0.6 is 0 Å². The van der Waals surface area contributed by atoms with Crippen LogP contribution in [-0.4, -0.2) is 39.4 Å². The molecule has 0 spiro atoms. The minimum atomic E-state index is -2.74. The van der Waals surface area contributed by atoms with Gasteiger partial charge in [-0.3, -0.25) is 4.98 Å². The number of hydrogen-bond acceptors (Lipinski definition) is 8. The molecule has 2 N–H and O–H groups in total. The van der Waals surface area contributed by atoms with Gasteiger partial charge in [0.05, 0.1) is 0 Å². The van der Waals surface area contributed by atoms with Crippen LogP contribution in [0.2, 0.25) is 0 Å². The Morgan fingerprint density at radius 1 is 1.28 bits per heavy atom. The SMILES string of the molecule is O=C1OC(=O)C(O)C(O)(c2cccnc2)C(=O)O1. The van der Waals surface area contributed by atoms with Gasteiger partial charge in [0.25, 0.3) is 0 Å². The van der Waals surface area contributed by atoms with Crippen molar-refractivity contribution in [3.8, 4) is 0 Å². The molecule has 2 rings (SSSR count). The molecule has 0 aliphatic carbocycles. The van der Waals surface area contributed by atoms with Gasteiger partial charge in [0.1, 0.15) is 0 Å². The van der Waals surface area contributed by atoms with E-state index in [1.54, 1.807) is 0 Å². The molecular formula is C10H7NO7. The first-order valence-corrected chi connectivity index (χ1v) is 4.75. The summed E-state index contributed by atoms with van der Waals surface area (Å²) < 4.78 is 8.02. The fourth-order valence-corrected chi connectivity index (χ4v) is 1.46. The molecule has 8 heteroatoms. The molecular weight excluding hydrogens is 246 g/mol. The molecule has 0 aromatic carbocycles. The van der Waals surface area contributed by atoms with Crippen molar-refractivity contribution in [2.24, 2.45) is 0 Å². The first kappa shape index (κ1) is 12.1. The number of esters is 2. The van der Waals surface area contributed by atoms with Crippen LogP contribution in [0.5, 0.6) is 0 Å². The van der Waals surface area contributed by atoms with Gasteiger partial charge in [-0.25, -0.2) is 14.4 Å². The Balaban J connectivity index is 2.54. The number of hydrogen-bond donors (Lipinski definition) is 2. The smallest absolute Gasteiger partial charge is 0.378 e. The van der Waals surface area contributed by atoms with Gasteiger partial charge in [-0.2, -0.15) is 0 Å². The van der Waals surface area contributed by atoms with Gasteiger partial charge in [0.15, 0.2) is 6.10 Å².